The second-order valence-corrected chi connectivity index (χ2v) is 9.56. The van der Waals surface area contributed by atoms with Gasteiger partial charge in [0.25, 0.3) is 0 Å². The number of fused-ring (bicyclic) bond motifs is 3. The van der Waals surface area contributed by atoms with Gasteiger partial charge in [0, 0.05) is 23.9 Å². The molecular formula is C28H32N4O4. The lowest BCUT2D eigenvalue weighted by molar-refractivity contribution is 0.0510. The molecule has 0 saturated heterocycles. The molecule has 0 bridgehead atoms. The first-order valence-corrected chi connectivity index (χ1v) is 12.2. The minimum absolute atomic E-state index is 0.260. The number of esters is 1. The third-order valence-corrected chi connectivity index (χ3v) is 5.66. The van der Waals surface area contributed by atoms with Crippen LogP contribution in [0.25, 0.3) is 23.4 Å². The van der Waals surface area contributed by atoms with Crippen LogP contribution in [0.2, 0.25) is 0 Å². The van der Waals surface area contributed by atoms with Gasteiger partial charge >= 0.3 is 12.1 Å². The summed E-state index contributed by atoms with van der Waals surface area (Å²) in [6.45, 7) is 8.04. The standard InChI is InChI=1S/C28H32N4O4/c1-5-35-26(33)25-22-14-12-20-18-30-21(13-11-19-9-7-6-8-10-19)17-23(20)24(22)31-32(25)16-15-29-27(34)36-28(2,3)4/h6-11,13,17-18H,5,12,14-16H2,1-4H3,(H,29,34). The maximum absolute atomic E-state index is 12.9. The number of rotatable bonds is 7. The van der Waals surface area contributed by atoms with E-state index in [1.165, 1.54) is 0 Å². The van der Waals surface area contributed by atoms with Gasteiger partial charge in [-0.05, 0) is 63.8 Å². The number of nitrogens with one attached hydrogen (secondary N) is 1. The number of carbonyl (C=O) groups excluding carboxylic acids is 2. The van der Waals surface area contributed by atoms with Crippen LogP contribution in [-0.2, 0) is 28.9 Å². The van der Waals surface area contributed by atoms with Crippen LogP contribution >= 0.6 is 0 Å². The zero-order chi connectivity index (χ0) is 25.7. The number of amides is 1. The molecule has 1 N–H and O–H groups in total. The van der Waals surface area contributed by atoms with Gasteiger partial charge in [-0.1, -0.05) is 36.4 Å². The minimum atomic E-state index is -0.588. The minimum Gasteiger partial charge on any atom is -0.461 e. The number of benzene rings is 1. The summed E-state index contributed by atoms with van der Waals surface area (Å²) in [5.41, 5.74) is 5.41. The molecule has 0 atom stereocenters. The van der Waals surface area contributed by atoms with Gasteiger partial charge in [-0.15, -0.1) is 0 Å². The van der Waals surface area contributed by atoms with Crippen molar-refractivity contribution in [1.82, 2.24) is 20.1 Å². The summed E-state index contributed by atoms with van der Waals surface area (Å²) in [6, 6.07) is 12.0. The van der Waals surface area contributed by atoms with Crippen molar-refractivity contribution in [3.63, 3.8) is 0 Å². The Morgan fingerprint density at radius 2 is 1.92 bits per heavy atom. The molecule has 0 spiro atoms. The Morgan fingerprint density at radius 3 is 2.64 bits per heavy atom. The Labute approximate surface area is 211 Å². The summed E-state index contributed by atoms with van der Waals surface area (Å²) < 4.78 is 12.3. The molecule has 3 aromatic rings. The lowest BCUT2D eigenvalue weighted by atomic mass is 9.89. The van der Waals surface area contributed by atoms with Crippen LogP contribution in [0.5, 0.6) is 0 Å². The molecule has 0 saturated carbocycles. The van der Waals surface area contributed by atoms with Gasteiger partial charge in [0.2, 0.25) is 0 Å². The summed E-state index contributed by atoms with van der Waals surface area (Å²) >= 11 is 0. The van der Waals surface area contributed by atoms with Crippen molar-refractivity contribution in [2.75, 3.05) is 13.2 Å². The van der Waals surface area contributed by atoms with Gasteiger partial charge < -0.3 is 14.8 Å². The molecule has 1 amide bonds. The lowest BCUT2D eigenvalue weighted by Crippen LogP contribution is -2.34. The fraction of sp³-hybridized carbons (Fsp3) is 0.357. The number of ether oxygens (including phenoxy) is 2. The van der Waals surface area contributed by atoms with Crippen molar-refractivity contribution in [1.29, 1.82) is 0 Å². The highest BCUT2D eigenvalue weighted by atomic mass is 16.6. The number of hydrogen-bond donors (Lipinski definition) is 1. The van der Waals surface area contributed by atoms with Crippen LogP contribution in [0.3, 0.4) is 0 Å². The third-order valence-electron chi connectivity index (χ3n) is 5.66. The smallest absolute Gasteiger partial charge is 0.407 e. The van der Waals surface area contributed by atoms with Gasteiger partial charge in [0.15, 0.2) is 0 Å². The highest BCUT2D eigenvalue weighted by molar-refractivity contribution is 5.92. The van der Waals surface area contributed by atoms with Gasteiger partial charge in [0.1, 0.15) is 11.3 Å². The van der Waals surface area contributed by atoms with E-state index < -0.39 is 17.7 Å². The van der Waals surface area contributed by atoms with E-state index >= 15 is 0 Å². The van der Waals surface area contributed by atoms with Crippen molar-refractivity contribution in [2.24, 2.45) is 0 Å². The monoisotopic (exact) mass is 488 g/mol. The normalized spacial score (nSPS) is 12.7. The number of nitrogens with zero attached hydrogens (tertiary/aromatic N) is 3. The molecule has 8 heteroatoms. The molecule has 2 heterocycles. The molecule has 1 aliphatic rings. The molecule has 36 heavy (non-hydrogen) atoms. The summed E-state index contributed by atoms with van der Waals surface area (Å²) in [6.07, 6.45) is 6.78. The highest BCUT2D eigenvalue weighted by Crippen LogP contribution is 2.35. The van der Waals surface area contributed by atoms with Crippen LogP contribution in [0, 0.1) is 0 Å². The average molecular weight is 489 g/mol. The van der Waals surface area contributed by atoms with E-state index in [9.17, 15) is 9.59 Å². The van der Waals surface area contributed by atoms with E-state index in [1.807, 2.05) is 75.5 Å². The molecule has 4 rings (SSSR count). The average Bonchev–Trinajstić information content (AvgIpc) is 3.21. The van der Waals surface area contributed by atoms with Crippen LogP contribution in [-0.4, -0.2) is 45.6 Å². The Hall–Kier alpha value is -3.94. The first kappa shape index (κ1) is 25.2. The summed E-state index contributed by atoms with van der Waals surface area (Å²) in [7, 11) is 0. The molecule has 0 unspecified atom stereocenters. The van der Waals surface area contributed by atoms with Gasteiger partial charge in [-0.25, -0.2) is 9.59 Å². The molecule has 188 valence electrons. The molecule has 0 aliphatic heterocycles. The largest absolute Gasteiger partial charge is 0.461 e. The summed E-state index contributed by atoms with van der Waals surface area (Å²) in [5.74, 6) is -0.412. The molecule has 2 aromatic heterocycles. The fourth-order valence-corrected chi connectivity index (χ4v) is 4.14. The van der Waals surface area contributed by atoms with Crippen molar-refractivity contribution in [3.05, 3.63) is 70.7 Å². The number of aromatic nitrogens is 3. The van der Waals surface area contributed by atoms with Crippen molar-refractivity contribution in [3.8, 4) is 11.3 Å². The second-order valence-electron chi connectivity index (χ2n) is 9.56. The topological polar surface area (TPSA) is 95.3 Å². The maximum atomic E-state index is 12.9. The van der Waals surface area contributed by atoms with Gasteiger partial charge in [0.05, 0.1) is 24.5 Å². The van der Waals surface area contributed by atoms with Crippen molar-refractivity contribution in [2.45, 2.75) is 52.7 Å². The van der Waals surface area contributed by atoms with Gasteiger partial charge in [-0.2, -0.15) is 5.10 Å². The predicted molar refractivity (Wildman–Crippen MR) is 138 cm³/mol. The van der Waals surface area contributed by atoms with Crippen LogP contribution < -0.4 is 5.32 Å². The first-order chi connectivity index (χ1) is 17.2. The number of aryl methyl sites for hydroxylation is 1. The van der Waals surface area contributed by atoms with E-state index in [0.717, 1.165) is 40.1 Å². The molecule has 0 radical (unpaired) electrons. The first-order valence-electron chi connectivity index (χ1n) is 12.2. The van der Waals surface area contributed by atoms with E-state index in [0.29, 0.717) is 18.7 Å². The Kier molecular flexibility index (Phi) is 7.52. The lowest BCUT2D eigenvalue weighted by Gasteiger charge is -2.19. The highest BCUT2D eigenvalue weighted by Gasteiger charge is 2.29. The molecule has 1 aromatic carbocycles. The summed E-state index contributed by atoms with van der Waals surface area (Å²) in [4.78, 5) is 29.6. The fourth-order valence-electron chi connectivity index (χ4n) is 4.14. The van der Waals surface area contributed by atoms with Crippen molar-refractivity contribution < 1.29 is 19.1 Å². The third kappa shape index (κ3) is 6.00. The number of carbonyl (C=O) groups is 2. The zero-order valence-corrected chi connectivity index (χ0v) is 21.2. The Balaban J connectivity index is 1.62. The SMILES string of the molecule is CCOC(=O)c1c2c(nn1CCNC(=O)OC(C)(C)C)-c1cc(C=Cc3ccccc3)ncc1CC2. The van der Waals surface area contributed by atoms with Crippen LogP contribution in [0.4, 0.5) is 4.79 Å². The van der Waals surface area contributed by atoms with E-state index in [1.54, 1.807) is 11.6 Å². The van der Waals surface area contributed by atoms with E-state index in [4.69, 9.17) is 14.6 Å². The zero-order valence-electron chi connectivity index (χ0n) is 21.2. The van der Waals surface area contributed by atoms with Crippen molar-refractivity contribution >= 4 is 24.2 Å². The van der Waals surface area contributed by atoms with Gasteiger partial charge in [-0.3, -0.25) is 9.67 Å². The van der Waals surface area contributed by atoms with Crippen LogP contribution in [0.1, 0.15) is 60.6 Å². The van der Waals surface area contributed by atoms with Crippen LogP contribution in [0.15, 0.2) is 42.6 Å². The second kappa shape index (κ2) is 10.8. The maximum Gasteiger partial charge on any atom is 0.407 e. The Morgan fingerprint density at radius 1 is 1.14 bits per heavy atom. The number of pyridine rings is 1. The van der Waals surface area contributed by atoms with E-state index in [2.05, 4.69) is 10.3 Å². The quantitative estimate of drug-likeness (QED) is 0.475. The molecule has 8 nitrogen and oxygen atoms in total. The molecule has 1 aliphatic carbocycles. The summed E-state index contributed by atoms with van der Waals surface area (Å²) in [5, 5.41) is 7.53. The predicted octanol–water partition coefficient (Wildman–Crippen LogP) is 4.92. The van der Waals surface area contributed by atoms with E-state index in [-0.39, 0.29) is 13.2 Å². The Bertz CT molecular complexity index is 1270. The molecule has 0 fully saturated rings. The molecular weight excluding hydrogens is 456 g/mol. The number of hydrogen-bond acceptors (Lipinski definition) is 6. The number of alkyl carbamates (subject to hydrolysis) is 1.